The van der Waals surface area contributed by atoms with Crippen molar-refractivity contribution in [2.75, 3.05) is 22.5 Å². The van der Waals surface area contributed by atoms with E-state index in [1.54, 1.807) is 6.92 Å². The Labute approximate surface area is 160 Å². The molecule has 2 rings (SSSR count). The van der Waals surface area contributed by atoms with E-state index in [2.05, 4.69) is 16.0 Å². The monoisotopic (exact) mass is 369 g/mol. The zero-order chi connectivity index (χ0) is 19.8. The van der Waals surface area contributed by atoms with Crippen LogP contribution >= 0.6 is 0 Å². The van der Waals surface area contributed by atoms with Crippen molar-refractivity contribution in [1.82, 2.24) is 0 Å². The summed E-state index contributed by atoms with van der Waals surface area (Å²) in [6.45, 7) is 7.68. The van der Waals surface area contributed by atoms with Gasteiger partial charge in [0.25, 0.3) is 0 Å². The fourth-order valence-electron chi connectivity index (χ4n) is 2.50. The first-order valence-corrected chi connectivity index (χ1v) is 9.09. The summed E-state index contributed by atoms with van der Waals surface area (Å²) < 4.78 is 5.72. The number of amides is 2. The lowest BCUT2D eigenvalue weighted by Crippen LogP contribution is -2.23. The molecule has 0 saturated heterocycles. The lowest BCUT2D eigenvalue weighted by atomic mass is 10.1. The summed E-state index contributed by atoms with van der Waals surface area (Å²) in [7, 11) is 0. The zero-order valence-corrected chi connectivity index (χ0v) is 16.3. The van der Waals surface area contributed by atoms with Crippen LogP contribution in [0.25, 0.3) is 0 Å². The summed E-state index contributed by atoms with van der Waals surface area (Å²) in [6.07, 6.45) is 0.432. The first-order chi connectivity index (χ1) is 12.9. The summed E-state index contributed by atoms with van der Waals surface area (Å²) in [5.74, 6) is 0.410. The molecule has 3 N–H and O–H groups in total. The smallest absolute Gasteiger partial charge is 0.243 e. The van der Waals surface area contributed by atoms with Gasteiger partial charge in [0.2, 0.25) is 11.8 Å². The van der Waals surface area contributed by atoms with Crippen LogP contribution in [0.5, 0.6) is 5.75 Å². The van der Waals surface area contributed by atoms with Crippen molar-refractivity contribution in [2.24, 2.45) is 0 Å². The summed E-state index contributed by atoms with van der Waals surface area (Å²) in [4.78, 5) is 24.0. The molecule has 27 heavy (non-hydrogen) atoms. The van der Waals surface area contributed by atoms with Gasteiger partial charge in [0.15, 0.2) is 0 Å². The number of benzene rings is 2. The van der Waals surface area contributed by atoms with E-state index < -0.39 is 0 Å². The third-order valence-electron chi connectivity index (χ3n) is 3.89. The van der Waals surface area contributed by atoms with E-state index in [0.717, 1.165) is 16.9 Å². The van der Waals surface area contributed by atoms with Crippen LogP contribution < -0.4 is 20.7 Å². The van der Waals surface area contributed by atoms with Gasteiger partial charge < -0.3 is 20.7 Å². The predicted octanol–water partition coefficient (Wildman–Crippen LogP) is 4.18. The van der Waals surface area contributed by atoms with Gasteiger partial charge >= 0.3 is 0 Å². The Kier molecular flexibility index (Phi) is 7.23. The molecule has 0 spiro atoms. The van der Waals surface area contributed by atoms with E-state index >= 15 is 0 Å². The number of ether oxygens (including phenoxy) is 1. The second kappa shape index (κ2) is 9.62. The number of carbonyl (C=O) groups excluding carboxylic acids is 2. The molecule has 0 aliphatic heterocycles. The highest BCUT2D eigenvalue weighted by Gasteiger charge is 2.10. The van der Waals surface area contributed by atoms with Crippen LogP contribution in [0.3, 0.4) is 0 Å². The first kappa shape index (κ1) is 20.3. The van der Waals surface area contributed by atoms with Crippen LogP contribution in [0.15, 0.2) is 42.5 Å². The average Bonchev–Trinajstić information content (AvgIpc) is 2.63. The van der Waals surface area contributed by atoms with E-state index in [4.69, 9.17) is 4.74 Å². The van der Waals surface area contributed by atoms with Crippen LogP contribution in [0, 0.1) is 6.92 Å². The van der Waals surface area contributed by atoms with Crippen molar-refractivity contribution in [3.63, 3.8) is 0 Å². The van der Waals surface area contributed by atoms with E-state index in [-0.39, 0.29) is 24.5 Å². The molecule has 0 fully saturated rings. The van der Waals surface area contributed by atoms with E-state index in [1.165, 1.54) is 0 Å². The Morgan fingerprint density at radius 3 is 2.26 bits per heavy atom. The number of hydrogen-bond donors (Lipinski definition) is 3. The molecule has 144 valence electrons. The molecular weight excluding hydrogens is 342 g/mol. The van der Waals surface area contributed by atoms with Gasteiger partial charge in [-0.05, 0) is 50.6 Å². The van der Waals surface area contributed by atoms with Crippen molar-refractivity contribution >= 4 is 28.9 Å². The third kappa shape index (κ3) is 6.02. The molecule has 6 nitrogen and oxygen atoms in total. The fraction of sp³-hybridized carbons (Fsp3) is 0.333. The number of para-hydroxylation sites is 2. The number of nitrogens with one attached hydrogen (secondary N) is 3. The minimum Gasteiger partial charge on any atom is -0.489 e. The van der Waals surface area contributed by atoms with Gasteiger partial charge in [-0.15, -0.1) is 0 Å². The number of rotatable bonds is 8. The molecule has 6 heteroatoms. The van der Waals surface area contributed by atoms with Crippen LogP contribution in [0.2, 0.25) is 0 Å². The van der Waals surface area contributed by atoms with E-state index in [9.17, 15) is 9.59 Å². The maximum atomic E-state index is 12.3. The molecule has 2 aromatic rings. The topological polar surface area (TPSA) is 79.5 Å². The molecule has 0 aliphatic rings. The molecular formula is C21H27N3O3. The van der Waals surface area contributed by atoms with Crippen LogP contribution in [0.1, 0.15) is 32.8 Å². The number of anilines is 3. The van der Waals surface area contributed by atoms with E-state index in [1.807, 2.05) is 63.2 Å². The maximum absolute atomic E-state index is 12.3. The van der Waals surface area contributed by atoms with Crippen molar-refractivity contribution in [2.45, 2.75) is 40.2 Å². The van der Waals surface area contributed by atoms with Gasteiger partial charge in [-0.3, -0.25) is 9.59 Å². The van der Waals surface area contributed by atoms with E-state index in [0.29, 0.717) is 17.9 Å². The van der Waals surface area contributed by atoms with Gasteiger partial charge in [0, 0.05) is 17.8 Å². The largest absolute Gasteiger partial charge is 0.489 e. The lowest BCUT2D eigenvalue weighted by molar-refractivity contribution is -0.116. The van der Waals surface area contributed by atoms with Gasteiger partial charge in [0.1, 0.15) is 5.75 Å². The molecule has 0 saturated carbocycles. The average molecular weight is 369 g/mol. The summed E-state index contributed by atoms with van der Waals surface area (Å²) in [6, 6.07) is 12.9. The lowest BCUT2D eigenvalue weighted by Gasteiger charge is -2.16. The molecule has 0 aromatic heterocycles. The molecule has 0 atom stereocenters. The standard InChI is InChI=1S/C21H27N3O3/c1-5-20(25)23-17-11-8-10-16(15(17)4)22-13-21(26)24-18-9-6-7-12-19(18)27-14(2)3/h6-12,14,22H,5,13H2,1-4H3,(H,23,25)(H,24,26). The van der Waals surface area contributed by atoms with Crippen molar-refractivity contribution in [1.29, 1.82) is 0 Å². The molecule has 0 radical (unpaired) electrons. The molecule has 2 amide bonds. The molecule has 0 heterocycles. The van der Waals surface area contributed by atoms with Gasteiger partial charge in [0.05, 0.1) is 18.3 Å². The van der Waals surface area contributed by atoms with Crippen LogP contribution in [0.4, 0.5) is 17.1 Å². The van der Waals surface area contributed by atoms with Crippen LogP contribution in [-0.2, 0) is 9.59 Å². The summed E-state index contributed by atoms with van der Waals surface area (Å²) in [5, 5.41) is 8.84. The second-order valence-electron chi connectivity index (χ2n) is 6.44. The van der Waals surface area contributed by atoms with Crippen molar-refractivity contribution < 1.29 is 14.3 Å². The summed E-state index contributed by atoms with van der Waals surface area (Å²) >= 11 is 0. The highest BCUT2D eigenvalue weighted by Crippen LogP contribution is 2.25. The third-order valence-corrected chi connectivity index (χ3v) is 3.89. The minimum absolute atomic E-state index is 0.0184. The Morgan fingerprint density at radius 1 is 0.926 bits per heavy atom. The highest BCUT2D eigenvalue weighted by atomic mass is 16.5. The van der Waals surface area contributed by atoms with Crippen LogP contribution in [-0.4, -0.2) is 24.5 Å². The normalized spacial score (nSPS) is 10.4. The summed E-state index contributed by atoms with van der Waals surface area (Å²) in [5.41, 5.74) is 3.06. The zero-order valence-electron chi connectivity index (χ0n) is 16.3. The second-order valence-corrected chi connectivity index (χ2v) is 6.44. The first-order valence-electron chi connectivity index (χ1n) is 9.09. The Balaban J connectivity index is 2.00. The molecule has 0 bridgehead atoms. The van der Waals surface area contributed by atoms with Gasteiger partial charge in [-0.25, -0.2) is 0 Å². The molecule has 0 aliphatic carbocycles. The van der Waals surface area contributed by atoms with Gasteiger partial charge in [-0.1, -0.05) is 25.1 Å². The fourth-order valence-corrected chi connectivity index (χ4v) is 2.50. The maximum Gasteiger partial charge on any atom is 0.243 e. The Bertz CT molecular complexity index is 803. The molecule has 2 aromatic carbocycles. The minimum atomic E-state index is -0.183. The Hall–Kier alpha value is -3.02. The van der Waals surface area contributed by atoms with Gasteiger partial charge in [-0.2, -0.15) is 0 Å². The molecule has 0 unspecified atom stereocenters. The Morgan fingerprint density at radius 2 is 1.56 bits per heavy atom. The highest BCUT2D eigenvalue weighted by molar-refractivity contribution is 5.96. The van der Waals surface area contributed by atoms with Crippen molar-refractivity contribution in [3.05, 3.63) is 48.0 Å². The quantitative estimate of drug-likeness (QED) is 0.652. The SMILES string of the molecule is CCC(=O)Nc1cccc(NCC(=O)Nc2ccccc2OC(C)C)c1C. The number of carbonyl (C=O) groups is 2. The number of hydrogen-bond acceptors (Lipinski definition) is 4. The predicted molar refractivity (Wildman–Crippen MR) is 109 cm³/mol. The van der Waals surface area contributed by atoms with Crippen molar-refractivity contribution in [3.8, 4) is 5.75 Å².